The van der Waals surface area contributed by atoms with Crippen LogP contribution >= 0.6 is 11.3 Å². The number of morpholine rings is 1. The van der Waals surface area contributed by atoms with Crippen LogP contribution in [0.15, 0.2) is 55.0 Å². The third kappa shape index (κ3) is 4.91. The Morgan fingerprint density at radius 2 is 1.97 bits per heavy atom. The molecule has 1 aromatic carbocycles. The molecular formula is C23H24N6O2S. The number of thiazole rings is 1. The van der Waals surface area contributed by atoms with Crippen LogP contribution in [-0.4, -0.2) is 51.1 Å². The van der Waals surface area contributed by atoms with Crippen LogP contribution in [0.25, 0.3) is 10.2 Å². The van der Waals surface area contributed by atoms with Crippen LogP contribution in [0.1, 0.15) is 27.9 Å². The molecule has 5 rings (SSSR count). The highest BCUT2D eigenvalue weighted by Crippen LogP contribution is 2.28. The molecule has 0 radical (unpaired) electrons. The van der Waals surface area contributed by atoms with E-state index in [1.165, 1.54) is 5.56 Å². The van der Waals surface area contributed by atoms with Crippen molar-refractivity contribution in [2.24, 2.45) is 5.73 Å². The topological polar surface area (TPSA) is 99.3 Å². The van der Waals surface area contributed by atoms with Gasteiger partial charge in [0.1, 0.15) is 17.7 Å². The van der Waals surface area contributed by atoms with Gasteiger partial charge in [-0.3, -0.25) is 9.88 Å². The van der Waals surface area contributed by atoms with Gasteiger partial charge in [0.25, 0.3) is 0 Å². The molecule has 164 valence electrons. The van der Waals surface area contributed by atoms with Gasteiger partial charge >= 0.3 is 6.01 Å². The molecular weight excluding hydrogens is 424 g/mol. The lowest BCUT2D eigenvalue weighted by Gasteiger charge is -2.26. The minimum atomic E-state index is -0.449. The van der Waals surface area contributed by atoms with Crippen molar-refractivity contribution < 1.29 is 9.47 Å². The number of ether oxygens (including phenoxy) is 2. The van der Waals surface area contributed by atoms with Crippen LogP contribution in [-0.2, 0) is 17.9 Å². The van der Waals surface area contributed by atoms with Crippen molar-refractivity contribution >= 4 is 21.6 Å². The summed E-state index contributed by atoms with van der Waals surface area (Å²) in [4.78, 5) is 19.9. The van der Waals surface area contributed by atoms with Crippen molar-refractivity contribution in [1.29, 1.82) is 0 Å². The van der Waals surface area contributed by atoms with Gasteiger partial charge in [0.05, 0.1) is 35.3 Å². The number of hydrogen-bond acceptors (Lipinski definition) is 9. The molecule has 8 nitrogen and oxygen atoms in total. The highest BCUT2D eigenvalue weighted by molar-refractivity contribution is 7.18. The Morgan fingerprint density at radius 3 is 2.84 bits per heavy atom. The van der Waals surface area contributed by atoms with Gasteiger partial charge in [-0.05, 0) is 23.3 Å². The molecule has 4 heterocycles. The first kappa shape index (κ1) is 20.9. The van der Waals surface area contributed by atoms with E-state index < -0.39 is 6.04 Å². The molecule has 32 heavy (non-hydrogen) atoms. The molecule has 1 saturated heterocycles. The first-order valence-electron chi connectivity index (χ1n) is 10.5. The maximum Gasteiger partial charge on any atom is 0.316 e. The molecule has 3 aromatic heterocycles. The summed E-state index contributed by atoms with van der Waals surface area (Å²) in [7, 11) is 0. The second-order valence-electron chi connectivity index (χ2n) is 7.63. The first-order chi connectivity index (χ1) is 15.7. The average molecular weight is 449 g/mol. The van der Waals surface area contributed by atoms with Crippen LogP contribution in [0.4, 0.5) is 0 Å². The van der Waals surface area contributed by atoms with Crippen LogP contribution < -0.4 is 10.5 Å². The standard InChI is InChI=1S/C23H24N6O2S/c24-21(22-27-19-13-25-6-5-20(19)32-22)18-4-7-26-23(28-18)31-15-17-3-1-2-16(12-17)14-29-8-10-30-11-9-29/h1-7,12-13,21H,8-11,14-15,24H2. The smallest absolute Gasteiger partial charge is 0.316 e. The van der Waals surface area contributed by atoms with Gasteiger partial charge in [0.2, 0.25) is 0 Å². The minimum absolute atomic E-state index is 0.305. The molecule has 9 heteroatoms. The number of fused-ring (bicyclic) bond motifs is 1. The summed E-state index contributed by atoms with van der Waals surface area (Å²) in [6, 6.07) is 12.0. The molecule has 1 unspecified atom stereocenters. The minimum Gasteiger partial charge on any atom is -0.459 e. The second kappa shape index (κ2) is 9.66. The highest BCUT2D eigenvalue weighted by atomic mass is 32.1. The SMILES string of the molecule is NC(c1ccnc(OCc2cccc(CN3CCOCC3)c2)n1)c1nc2cnccc2s1. The molecule has 1 aliphatic heterocycles. The van der Waals surface area contributed by atoms with Gasteiger partial charge in [-0.2, -0.15) is 4.98 Å². The van der Waals surface area contributed by atoms with E-state index in [9.17, 15) is 0 Å². The normalized spacial score (nSPS) is 15.7. The maximum absolute atomic E-state index is 6.43. The van der Waals surface area contributed by atoms with Gasteiger partial charge in [-0.25, -0.2) is 9.97 Å². The molecule has 0 amide bonds. The van der Waals surface area contributed by atoms with Crippen LogP contribution in [0.3, 0.4) is 0 Å². The van der Waals surface area contributed by atoms with Gasteiger partial charge in [-0.15, -0.1) is 11.3 Å². The van der Waals surface area contributed by atoms with Crippen molar-refractivity contribution in [3.05, 3.63) is 76.8 Å². The van der Waals surface area contributed by atoms with Crippen LogP contribution in [0.5, 0.6) is 6.01 Å². The summed E-state index contributed by atoms with van der Waals surface area (Å²) < 4.78 is 12.4. The number of benzene rings is 1. The zero-order chi connectivity index (χ0) is 21.8. The summed E-state index contributed by atoms with van der Waals surface area (Å²) >= 11 is 1.54. The fourth-order valence-electron chi connectivity index (χ4n) is 3.64. The average Bonchev–Trinajstić information content (AvgIpc) is 3.28. The molecule has 2 N–H and O–H groups in total. The van der Waals surface area contributed by atoms with Gasteiger partial charge < -0.3 is 15.2 Å². The van der Waals surface area contributed by atoms with E-state index in [1.54, 1.807) is 36.0 Å². The lowest BCUT2D eigenvalue weighted by Crippen LogP contribution is -2.35. The third-order valence-corrected chi connectivity index (χ3v) is 6.43. The van der Waals surface area contributed by atoms with Gasteiger partial charge in [0, 0.05) is 32.0 Å². The second-order valence-corrected chi connectivity index (χ2v) is 8.70. The number of hydrogen-bond donors (Lipinski definition) is 1. The number of nitrogens with two attached hydrogens (primary N) is 1. The Bertz CT molecular complexity index is 1160. The fourth-order valence-corrected chi connectivity index (χ4v) is 4.59. The molecule has 0 spiro atoms. The molecule has 4 aromatic rings. The molecule has 1 fully saturated rings. The van der Waals surface area contributed by atoms with E-state index in [0.29, 0.717) is 18.3 Å². The monoisotopic (exact) mass is 448 g/mol. The maximum atomic E-state index is 6.43. The first-order valence-corrected chi connectivity index (χ1v) is 11.4. The number of rotatable bonds is 7. The summed E-state index contributed by atoms with van der Waals surface area (Å²) in [6.07, 6.45) is 5.16. The predicted octanol–water partition coefficient (Wildman–Crippen LogP) is 2.94. The van der Waals surface area contributed by atoms with E-state index >= 15 is 0 Å². The number of pyridine rings is 1. The molecule has 1 aliphatic rings. The number of aromatic nitrogens is 4. The number of nitrogens with zero attached hydrogens (tertiary/aromatic N) is 5. The zero-order valence-electron chi connectivity index (χ0n) is 17.6. The molecule has 0 bridgehead atoms. The summed E-state index contributed by atoms with van der Waals surface area (Å²) in [5, 5.41) is 0.786. The van der Waals surface area contributed by atoms with E-state index in [4.69, 9.17) is 15.2 Å². The molecule has 0 aliphatic carbocycles. The lowest BCUT2D eigenvalue weighted by atomic mass is 10.1. The Balaban J connectivity index is 1.24. The Labute approximate surface area is 190 Å². The molecule has 0 saturated carbocycles. The Morgan fingerprint density at radius 1 is 1.09 bits per heavy atom. The lowest BCUT2D eigenvalue weighted by molar-refractivity contribution is 0.0342. The predicted molar refractivity (Wildman–Crippen MR) is 122 cm³/mol. The third-order valence-electron chi connectivity index (χ3n) is 5.32. The van der Waals surface area contributed by atoms with Crippen LogP contribution in [0.2, 0.25) is 0 Å². The van der Waals surface area contributed by atoms with Crippen molar-refractivity contribution in [2.45, 2.75) is 19.2 Å². The fraction of sp³-hybridized carbons (Fsp3) is 0.304. The largest absolute Gasteiger partial charge is 0.459 e. The summed E-state index contributed by atoms with van der Waals surface area (Å²) in [6.45, 7) is 4.83. The zero-order valence-corrected chi connectivity index (χ0v) is 18.4. The van der Waals surface area contributed by atoms with Crippen molar-refractivity contribution in [1.82, 2.24) is 24.8 Å². The summed E-state index contributed by atoms with van der Waals surface area (Å²) in [5.41, 5.74) is 10.3. The van der Waals surface area contributed by atoms with E-state index in [-0.39, 0.29) is 0 Å². The van der Waals surface area contributed by atoms with E-state index in [2.05, 4.69) is 43.0 Å². The quantitative estimate of drug-likeness (QED) is 0.461. The summed E-state index contributed by atoms with van der Waals surface area (Å²) in [5.74, 6) is 0. The van der Waals surface area contributed by atoms with Crippen molar-refractivity contribution in [3.8, 4) is 6.01 Å². The highest BCUT2D eigenvalue weighted by Gasteiger charge is 2.17. The Kier molecular flexibility index (Phi) is 6.31. The van der Waals surface area contributed by atoms with Crippen molar-refractivity contribution in [2.75, 3.05) is 26.3 Å². The van der Waals surface area contributed by atoms with E-state index in [1.807, 2.05) is 12.1 Å². The van der Waals surface area contributed by atoms with Gasteiger partial charge in [0.15, 0.2) is 0 Å². The van der Waals surface area contributed by atoms with E-state index in [0.717, 1.165) is 53.6 Å². The van der Waals surface area contributed by atoms with Gasteiger partial charge in [-0.1, -0.05) is 24.3 Å². The van der Waals surface area contributed by atoms with Crippen molar-refractivity contribution in [3.63, 3.8) is 0 Å². The molecule has 1 atom stereocenters. The van der Waals surface area contributed by atoms with Crippen LogP contribution in [0, 0.1) is 0 Å². The Hall–Kier alpha value is -2.98.